The van der Waals surface area contributed by atoms with Gasteiger partial charge in [0, 0.05) is 23.2 Å². The SMILES string of the molecule is C=C[C@]1(C)C[C@@H](C(Oc2ccc3c(c2)B(O)OC3)C(=O)O)[C@@]2(C)[C@H](C)CC[C@]3(CC(F)C(=O)[C@H]32)[C@@H](C)[C@@H]1OC=O. The molecule has 1 aromatic carbocycles. The van der Waals surface area contributed by atoms with E-state index in [0.717, 1.165) is 5.56 Å². The molecule has 1 aliphatic heterocycles. The van der Waals surface area contributed by atoms with Crippen molar-refractivity contribution in [3.63, 3.8) is 0 Å². The minimum Gasteiger partial charge on any atom is -0.478 e. The summed E-state index contributed by atoms with van der Waals surface area (Å²) in [7, 11) is -1.14. The number of ether oxygens (including phenoxy) is 2. The van der Waals surface area contributed by atoms with Crippen LogP contribution in [0.5, 0.6) is 5.75 Å². The number of rotatable bonds is 7. The fourth-order valence-corrected chi connectivity index (χ4v) is 8.89. The van der Waals surface area contributed by atoms with Crippen molar-refractivity contribution in [3.8, 4) is 5.75 Å². The first kappa shape index (κ1) is 28.8. The largest absolute Gasteiger partial charge is 0.491 e. The molecule has 3 aliphatic carbocycles. The summed E-state index contributed by atoms with van der Waals surface area (Å²) in [5, 5.41) is 20.8. The van der Waals surface area contributed by atoms with Gasteiger partial charge in [0.1, 0.15) is 11.9 Å². The number of carboxylic acid groups (broad SMARTS) is 1. The molecule has 0 aromatic heterocycles. The molecule has 1 aromatic rings. The van der Waals surface area contributed by atoms with Crippen LogP contribution in [0, 0.1) is 39.9 Å². The number of benzene rings is 1. The van der Waals surface area contributed by atoms with Crippen LogP contribution < -0.4 is 10.2 Å². The van der Waals surface area contributed by atoms with E-state index < -0.39 is 65.3 Å². The first-order chi connectivity index (χ1) is 18.8. The van der Waals surface area contributed by atoms with E-state index in [0.29, 0.717) is 24.8 Å². The molecule has 8 nitrogen and oxygen atoms in total. The minimum atomic E-state index is -1.68. The minimum absolute atomic E-state index is 0.0138. The van der Waals surface area contributed by atoms with Crippen LogP contribution >= 0.6 is 0 Å². The number of hydrogen-bond acceptors (Lipinski definition) is 7. The number of carbonyl (C=O) groups excluding carboxylic acids is 2. The van der Waals surface area contributed by atoms with Crippen molar-refractivity contribution in [2.75, 3.05) is 0 Å². The number of aliphatic carboxylic acids is 1. The van der Waals surface area contributed by atoms with Gasteiger partial charge in [0.15, 0.2) is 18.1 Å². The Kier molecular flexibility index (Phi) is 7.18. The molecule has 5 rings (SSSR count). The van der Waals surface area contributed by atoms with Gasteiger partial charge in [-0.25, -0.2) is 9.18 Å². The fraction of sp³-hybridized carbons (Fsp3) is 0.633. The second-order valence-electron chi connectivity index (χ2n) is 12.9. The molecule has 2 bridgehead atoms. The molecule has 2 unspecified atom stereocenters. The van der Waals surface area contributed by atoms with Crippen LogP contribution in [-0.2, 0) is 30.4 Å². The van der Waals surface area contributed by atoms with Crippen molar-refractivity contribution < 1.29 is 43.0 Å². The maximum Gasteiger partial charge on any atom is 0.491 e. The lowest BCUT2D eigenvalue weighted by atomic mass is 9.41. The summed E-state index contributed by atoms with van der Waals surface area (Å²) in [5.74, 6) is -3.51. The first-order valence-corrected chi connectivity index (χ1v) is 14.1. The molecule has 0 spiro atoms. The van der Waals surface area contributed by atoms with Crippen molar-refractivity contribution in [3.05, 3.63) is 36.4 Å². The molecule has 10 atom stereocenters. The highest BCUT2D eigenvalue weighted by atomic mass is 19.1. The Hall–Kier alpha value is -2.72. The number of ketones is 1. The quantitative estimate of drug-likeness (QED) is 0.298. The number of alkyl halides is 1. The van der Waals surface area contributed by atoms with E-state index >= 15 is 4.39 Å². The van der Waals surface area contributed by atoms with Gasteiger partial charge < -0.3 is 24.3 Å². The van der Waals surface area contributed by atoms with Gasteiger partial charge in [-0.1, -0.05) is 39.8 Å². The van der Waals surface area contributed by atoms with Gasteiger partial charge in [0.2, 0.25) is 0 Å². The van der Waals surface area contributed by atoms with E-state index in [1.165, 1.54) is 0 Å². The lowest BCUT2D eigenvalue weighted by molar-refractivity contribution is -0.199. The van der Waals surface area contributed by atoms with Crippen molar-refractivity contribution in [2.24, 2.45) is 39.9 Å². The first-order valence-electron chi connectivity index (χ1n) is 14.1. The molecular weight excluding hydrogens is 518 g/mol. The fourth-order valence-electron chi connectivity index (χ4n) is 8.89. The van der Waals surface area contributed by atoms with Gasteiger partial charge in [-0.05, 0) is 65.6 Å². The van der Waals surface area contributed by atoms with E-state index in [1.54, 1.807) is 24.3 Å². The van der Waals surface area contributed by atoms with E-state index in [-0.39, 0.29) is 37.0 Å². The van der Waals surface area contributed by atoms with E-state index in [2.05, 4.69) is 6.58 Å². The van der Waals surface area contributed by atoms with Gasteiger partial charge in [-0.2, -0.15) is 0 Å². The number of fused-ring (bicyclic) bond motifs is 1. The summed E-state index contributed by atoms with van der Waals surface area (Å²) in [6, 6.07) is 4.95. The van der Waals surface area contributed by atoms with Crippen LogP contribution in [0.25, 0.3) is 0 Å². The number of halogens is 1. The Morgan fingerprint density at radius 3 is 2.67 bits per heavy atom. The smallest absolute Gasteiger partial charge is 0.478 e. The third-order valence-electron chi connectivity index (χ3n) is 11.2. The van der Waals surface area contributed by atoms with E-state index in [1.807, 2.05) is 27.7 Å². The Morgan fingerprint density at radius 1 is 1.30 bits per heavy atom. The van der Waals surface area contributed by atoms with Crippen LogP contribution in [0.2, 0.25) is 0 Å². The topological polar surface area (TPSA) is 119 Å². The second-order valence-corrected chi connectivity index (χ2v) is 12.9. The average Bonchev–Trinajstić information content (AvgIpc) is 3.42. The lowest BCUT2D eigenvalue weighted by Gasteiger charge is -2.63. The Labute approximate surface area is 234 Å². The van der Waals surface area contributed by atoms with Crippen LogP contribution in [0.4, 0.5) is 4.39 Å². The molecule has 40 heavy (non-hydrogen) atoms. The van der Waals surface area contributed by atoms with Crippen molar-refractivity contribution in [1.29, 1.82) is 0 Å². The van der Waals surface area contributed by atoms with Crippen molar-refractivity contribution in [2.45, 2.75) is 78.4 Å². The molecule has 3 fully saturated rings. The summed E-state index contributed by atoms with van der Waals surface area (Å²) in [6.07, 6.45) is -0.711. The second kappa shape index (κ2) is 9.98. The van der Waals surface area contributed by atoms with Crippen molar-refractivity contribution >= 4 is 30.8 Å². The zero-order chi connectivity index (χ0) is 29.2. The van der Waals surface area contributed by atoms with E-state index in [4.69, 9.17) is 14.1 Å². The Bertz CT molecular complexity index is 1220. The number of carboxylic acids is 1. The molecule has 0 saturated heterocycles. The highest BCUT2D eigenvalue weighted by molar-refractivity contribution is 6.61. The van der Waals surface area contributed by atoms with E-state index in [9.17, 15) is 24.5 Å². The Morgan fingerprint density at radius 2 is 2.02 bits per heavy atom. The summed E-state index contributed by atoms with van der Waals surface area (Å²) in [6.45, 7) is 12.4. The standard InChI is InChI=1S/C30H38BFO8/c1-6-28(4)12-20(24(27(35)36)40-19-8-7-18-14-39-31(37)21(18)11-19)29(5)16(2)9-10-30(17(3)26(28)38-15-33)13-22(32)23(34)25(29)30/h6-8,11,15-17,20,22,24-26,37H,1,9-10,12-14H2,2-5H3,(H,35,36)/t16-,17+,20+,22?,24?,25+,26+,28-,29-,30+/m1/s1. The normalized spacial score (nSPS) is 41.2. The maximum absolute atomic E-state index is 15.5. The zero-order valence-corrected chi connectivity index (χ0v) is 23.5. The maximum atomic E-state index is 15.5. The van der Waals surface area contributed by atoms with Crippen LogP contribution in [0.15, 0.2) is 30.9 Å². The molecule has 0 amide bonds. The molecular formula is C30H38BFO8. The summed E-state index contributed by atoms with van der Waals surface area (Å²) in [4.78, 5) is 38.5. The third kappa shape index (κ3) is 4.04. The molecule has 2 N–H and O–H groups in total. The molecule has 3 saturated carbocycles. The van der Waals surface area contributed by atoms with Gasteiger partial charge in [0.05, 0.1) is 6.61 Å². The molecule has 216 valence electrons. The van der Waals surface area contributed by atoms with Gasteiger partial charge in [0.25, 0.3) is 6.47 Å². The molecule has 0 radical (unpaired) electrons. The number of carbonyl (C=O) groups is 3. The zero-order valence-electron chi connectivity index (χ0n) is 23.5. The Balaban J connectivity index is 1.69. The summed E-state index contributed by atoms with van der Waals surface area (Å²) >= 11 is 0. The monoisotopic (exact) mass is 556 g/mol. The highest BCUT2D eigenvalue weighted by Gasteiger charge is 2.71. The summed E-state index contributed by atoms with van der Waals surface area (Å²) in [5.41, 5.74) is -1.36. The predicted molar refractivity (Wildman–Crippen MR) is 144 cm³/mol. The number of Topliss-reactive ketones (excluding diaryl/α,β-unsaturated/α-hetero) is 1. The molecule has 10 heteroatoms. The van der Waals surface area contributed by atoms with Crippen molar-refractivity contribution in [1.82, 2.24) is 0 Å². The van der Waals surface area contributed by atoms with Crippen LogP contribution in [-0.4, -0.2) is 53.9 Å². The molecule has 4 aliphatic rings. The summed E-state index contributed by atoms with van der Waals surface area (Å²) < 4.78 is 32.7. The van der Waals surface area contributed by atoms with Crippen LogP contribution in [0.1, 0.15) is 58.9 Å². The molecule has 1 heterocycles. The van der Waals surface area contributed by atoms with Gasteiger partial charge in [-0.3, -0.25) is 9.59 Å². The van der Waals surface area contributed by atoms with Crippen LogP contribution in [0.3, 0.4) is 0 Å². The highest BCUT2D eigenvalue weighted by Crippen LogP contribution is 2.70. The van der Waals surface area contributed by atoms with Gasteiger partial charge >= 0.3 is 13.1 Å². The average molecular weight is 556 g/mol. The third-order valence-corrected chi connectivity index (χ3v) is 11.2. The number of hydrogen-bond donors (Lipinski definition) is 2. The predicted octanol–water partition coefficient (Wildman–Crippen LogP) is 3.48. The van der Waals surface area contributed by atoms with Gasteiger partial charge in [-0.15, -0.1) is 6.58 Å². The lowest BCUT2D eigenvalue weighted by Crippen LogP contribution is -2.64.